The highest BCUT2D eigenvalue weighted by molar-refractivity contribution is 7.88. The van der Waals surface area contributed by atoms with Gasteiger partial charge in [0.2, 0.25) is 10.0 Å². The van der Waals surface area contributed by atoms with Crippen molar-refractivity contribution < 1.29 is 22.3 Å². The molecule has 6 nitrogen and oxygen atoms in total. The third-order valence-electron chi connectivity index (χ3n) is 5.76. The summed E-state index contributed by atoms with van der Waals surface area (Å²) in [7, 11) is -3.47. The average molecular weight is 433 g/mol. The van der Waals surface area contributed by atoms with Crippen molar-refractivity contribution in [2.45, 2.75) is 37.5 Å². The smallest absolute Gasteiger partial charge is 0.252 e. The zero-order valence-corrected chi connectivity index (χ0v) is 17.6. The summed E-state index contributed by atoms with van der Waals surface area (Å²) in [5, 5.41) is 0. The Kier molecular flexibility index (Phi) is 5.90. The molecule has 4 rings (SSSR count). The number of carbonyl (C=O) groups is 1. The second-order valence-electron chi connectivity index (χ2n) is 7.88. The van der Waals surface area contributed by atoms with Gasteiger partial charge in [-0.25, -0.2) is 17.5 Å². The van der Waals surface area contributed by atoms with Gasteiger partial charge in [-0.3, -0.25) is 4.79 Å². The standard InChI is InChI=1S/C22H25FN2O4S/c1-30(27,28)24-18-10-12-25(22(26)20-11-13-29-20)19(18)14-16-8-5-9-17(21(16)23)15-6-3-2-4-7-15/h2-9,18-20,24H,10-14H2,1H3/t18-,19-,20?/m0/s1. The molecule has 1 unspecified atom stereocenters. The molecule has 2 aliphatic heterocycles. The molecule has 30 heavy (non-hydrogen) atoms. The van der Waals surface area contributed by atoms with Gasteiger partial charge in [0.05, 0.1) is 18.9 Å². The number of hydrogen-bond acceptors (Lipinski definition) is 4. The van der Waals surface area contributed by atoms with Gasteiger partial charge in [0.15, 0.2) is 0 Å². The van der Waals surface area contributed by atoms with E-state index in [1.165, 1.54) is 0 Å². The molecular formula is C22H25FN2O4S. The number of amides is 1. The van der Waals surface area contributed by atoms with E-state index in [2.05, 4.69) is 4.72 Å². The number of rotatable bonds is 6. The summed E-state index contributed by atoms with van der Waals surface area (Å²) in [5.74, 6) is -0.496. The van der Waals surface area contributed by atoms with Crippen LogP contribution in [0, 0.1) is 5.82 Å². The Bertz CT molecular complexity index is 1020. The molecule has 0 aliphatic carbocycles. The normalized spacial score (nSPS) is 23.9. The molecule has 0 radical (unpaired) electrons. The molecule has 3 atom stereocenters. The van der Waals surface area contributed by atoms with Gasteiger partial charge < -0.3 is 9.64 Å². The zero-order valence-electron chi connectivity index (χ0n) is 16.8. The summed E-state index contributed by atoms with van der Waals surface area (Å²) in [6, 6.07) is 13.5. The molecule has 2 fully saturated rings. The number of nitrogens with one attached hydrogen (secondary N) is 1. The molecule has 2 heterocycles. The Labute approximate surface area is 176 Å². The lowest BCUT2D eigenvalue weighted by molar-refractivity contribution is -0.157. The zero-order chi connectivity index (χ0) is 21.3. The van der Waals surface area contributed by atoms with E-state index in [4.69, 9.17) is 4.74 Å². The molecule has 8 heteroatoms. The second kappa shape index (κ2) is 8.45. The van der Waals surface area contributed by atoms with Gasteiger partial charge in [0, 0.05) is 24.6 Å². The average Bonchev–Trinajstić information content (AvgIpc) is 3.03. The summed E-state index contributed by atoms with van der Waals surface area (Å²) >= 11 is 0. The van der Waals surface area contributed by atoms with Crippen LogP contribution in [0.25, 0.3) is 11.1 Å². The van der Waals surface area contributed by atoms with E-state index in [0.717, 1.165) is 11.8 Å². The minimum Gasteiger partial charge on any atom is -0.368 e. The van der Waals surface area contributed by atoms with Crippen molar-refractivity contribution >= 4 is 15.9 Å². The van der Waals surface area contributed by atoms with Crippen LogP contribution in [0.2, 0.25) is 0 Å². The highest BCUT2D eigenvalue weighted by Gasteiger charge is 2.42. The first-order chi connectivity index (χ1) is 14.3. The first-order valence-electron chi connectivity index (χ1n) is 10.1. The molecule has 0 bridgehead atoms. The monoisotopic (exact) mass is 432 g/mol. The first-order valence-corrected chi connectivity index (χ1v) is 11.9. The number of halogens is 1. The van der Waals surface area contributed by atoms with Crippen LogP contribution in [-0.4, -0.2) is 56.8 Å². The second-order valence-corrected chi connectivity index (χ2v) is 9.66. The van der Waals surface area contributed by atoms with Crippen LogP contribution in [0.5, 0.6) is 0 Å². The maximum absolute atomic E-state index is 15.4. The van der Waals surface area contributed by atoms with Crippen molar-refractivity contribution in [3.63, 3.8) is 0 Å². The van der Waals surface area contributed by atoms with E-state index in [1.807, 2.05) is 30.3 Å². The number of nitrogens with zero attached hydrogens (tertiary/aromatic N) is 1. The molecule has 1 N–H and O–H groups in total. The molecule has 0 aromatic heterocycles. The topological polar surface area (TPSA) is 75.7 Å². The molecule has 2 aliphatic rings. The fraction of sp³-hybridized carbons (Fsp3) is 0.409. The van der Waals surface area contributed by atoms with E-state index in [1.54, 1.807) is 23.1 Å². The molecule has 1 amide bonds. The SMILES string of the molecule is CS(=O)(=O)N[C@H]1CCN(C(=O)C2CCO2)[C@H]1Cc1cccc(-c2ccccc2)c1F. The summed E-state index contributed by atoms with van der Waals surface area (Å²) in [5.41, 5.74) is 1.71. The number of carbonyl (C=O) groups excluding carboxylic acids is 1. The van der Waals surface area contributed by atoms with Crippen LogP contribution >= 0.6 is 0 Å². The summed E-state index contributed by atoms with van der Waals surface area (Å²) in [4.78, 5) is 14.5. The highest BCUT2D eigenvalue weighted by Crippen LogP contribution is 2.30. The van der Waals surface area contributed by atoms with Gasteiger partial charge in [0.25, 0.3) is 5.91 Å². The van der Waals surface area contributed by atoms with Crippen molar-refractivity contribution in [2.24, 2.45) is 0 Å². The lowest BCUT2D eigenvalue weighted by Gasteiger charge is -2.34. The Hall–Kier alpha value is -2.29. The molecule has 2 aromatic rings. The predicted molar refractivity (Wildman–Crippen MR) is 112 cm³/mol. The first kappa shape index (κ1) is 21.0. The van der Waals surface area contributed by atoms with Gasteiger partial charge in [-0.15, -0.1) is 0 Å². The Balaban J connectivity index is 1.64. The van der Waals surface area contributed by atoms with Crippen LogP contribution in [0.3, 0.4) is 0 Å². The maximum Gasteiger partial charge on any atom is 0.252 e. The van der Waals surface area contributed by atoms with Gasteiger partial charge in [-0.05, 0) is 24.0 Å². The Morgan fingerprint density at radius 3 is 2.53 bits per heavy atom. The minimum atomic E-state index is -3.47. The van der Waals surface area contributed by atoms with Crippen molar-refractivity contribution in [3.05, 3.63) is 59.9 Å². The summed E-state index contributed by atoms with van der Waals surface area (Å²) in [6.45, 7) is 0.963. The number of hydrogen-bond donors (Lipinski definition) is 1. The van der Waals surface area contributed by atoms with Crippen LogP contribution in [0.15, 0.2) is 48.5 Å². The largest absolute Gasteiger partial charge is 0.368 e. The van der Waals surface area contributed by atoms with Crippen molar-refractivity contribution in [1.82, 2.24) is 9.62 Å². The van der Waals surface area contributed by atoms with Crippen LogP contribution in [0.1, 0.15) is 18.4 Å². The van der Waals surface area contributed by atoms with Gasteiger partial charge in [-0.2, -0.15) is 0 Å². The molecule has 2 aromatic carbocycles. The van der Waals surface area contributed by atoms with Crippen LogP contribution < -0.4 is 4.72 Å². The molecular weight excluding hydrogens is 407 g/mol. The van der Waals surface area contributed by atoms with E-state index < -0.39 is 28.2 Å². The number of sulfonamides is 1. The van der Waals surface area contributed by atoms with Crippen LogP contribution in [0.4, 0.5) is 4.39 Å². The molecule has 2 saturated heterocycles. The molecule has 0 saturated carbocycles. The van der Waals surface area contributed by atoms with Crippen molar-refractivity contribution in [3.8, 4) is 11.1 Å². The van der Waals surface area contributed by atoms with Crippen molar-refractivity contribution in [2.75, 3.05) is 19.4 Å². The van der Waals surface area contributed by atoms with E-state index >= 15 is 4.39 Å². The third kappa shape index (κ3) is 4.40. The number of benzene rings is 2. The van der Waals surface area contributed by atoms with Gasteiger partial charge in [0.1, 0.15) is 11.9 Å². The lowest BCUT2D eigenvalue weighted by Crippen LogP contribution is -2.52. The maximum atomic E-state index is 15.4. The lowest BCUT2D eigenvalue weighted by atomic mass is 9.95. The molecule has 0 spiro atoms. The predicted octanol–water partition coefficient (Wildman–Crippen LogP) is 2.34. The number of ether oxygens (including phenoxy) is 1. The van der Waals surface area contributed by atoms with E-state index in [0.29, 0.717) is 37.1 Å². The summed E-state index contributed by atoms with van der Waals surface area (Å²) < 4.78 is 47.1. The van der Waals surface area contributed by atoms with Crippen LogP contribution in [-0.2, 0) is 26.0 Å². The van der Waals surface area contributed by atoms with E-state index in [-0.39, 0.29) is 18.1 Å². The van der Waals surface area contributed by atoms with Crippen molar-refractivity contribution in [1.29, 1.82) is 0 Å². The van der Waals surface area contributed by atoms with E-state index in [9.17, 15) is 13.2 Å². The summed E-state index contributed by atoms with van der Waals surface area (Å²) in [6.07, 6.45) is 1.98. The highest BCUT2D eigenvalue weighted by atomic mass is 32.2. The minimum absolute atomic E-state index is 0.149. The van der Waals surface area contributed by atoms with Gasteiger partial charge >= 0.3 is 0 Å². The molecule has 160 valence electrons. The fourth-order valence-corrected chi connectivity index (χ4v) is 5.04. The quantitative estimate of drug-likeness (QED) is 0.760. The Morgan fingerprint density at radius 2 is 1.90 bits per heavy atom. The Morgan fingerprint density at radius 1 is 1.17 bits per heavy atom. The number of likely N-dealkylation sites (tertiary alicyclic amines) is 1. The van der Waals surface area contributed by atoms with Gasteiger partial charge in [-0.1, -0.05) is 48.5 Å². The third-order valence-corrected chi connectivity index (χ3v) is 6.49. The fourth-order valence-electron chi connectivity index (χ4n) is 4.21.